The molecule has 48 heavy (non-hydrogen) atoms. The molecule has 4 atom stereocenters. The molecule has 0 saturated carbocycles. The summed E-state index contributed by atoms with van der Waals surface area (Å²) < 4.78 is 50.6. The van der Waals surface area contributed by atoms with Crippen molar-refractivity contribution in [3.05, 3.63) is 46.6 Å². The third-order valence-corrected chi connectivity index (χ3v) is 11.4. The molecular formula is C33H32ClF2N9O3. The molecule has 7 aliphatic heterocycles. The fourth-order valence-corrected chi connectivity index (χ4v) is 9.10. The smallest absolute Gasteiger partial charge is 0.319 e. The first-order valence-electron chi connectivity index (χ1n) is 16.7. The average Bonchev–Trinajstić information content (AvgIpc) is 3.86. The average molecular weight is 676 g/mol. The molecule has 11 heterocycles. The Labute approximate surface area is 278 Å². The normalized spacial score (nSPS) is 28.2. The molecule has 5 aromatic rings. The van der Waals surface area contributed by atoms with Gasteiger partial charge in [-0.3, -0.25) is 15.0 Å². The zero-order valence-electron chi connectivity index (χ0n) is 26.0. The lowest BCUT2D eigenvalue weighted by Gasteiger charge is -2.51. The molecule has 12 nitrogen and oxygen atoms in total. The Morgan fingerprint density at radius 2 is 1.98 bits per heavy atom. The summed E-state index contributed by atoms with van der Waals surface area (Å²) in [5.74, 6) is 0.812. The van der Waals surface area contributed by atoms with Crippen molar-refractivity contribution >= 4 is 39.2 Å². The molecule has 4 aromatic heterocycles. The molecule has 0 radical (unpaired) electrons. The number of benzene rings is 1. The lowest BCUT2D eigenvalue weighted by molar-refractivity contribution is -0.220. The molecule has 7 aliphatic rings. The van der Waals surface area contributed by atoms with Crippen LogP contribution in [0.1, 0.15) is 62.0 Å². The molecule has 1 spiro atoms. The van der Waals surface area contributed by atoms with Crippen LogP contribution in [-0.2, 0) is 17.6 Å². The molecule has 0 amide bonds. The molecule has 1 N–H and O–H groups in total. The number of anilines is 1. The molecule has 248 valence electrons. The van der Waals surface area contributed by atoms with Crippen LogP contribution in [0.15, 0.2) is 22.9 Å². The fourth-order valence-electron chi connectivity index (χ4n) is 8.80. The zero-order valence-corrected chi connectivity index (χ0v) is 26.8. The van der Waals surface area contributed by atoms with E-state index in [2.05, 4.69) is 35.2 Å². The fraction of sp³-hybridized carbons (Fsp3) is 0.515. The van der Waals surface area contributed by atoms with E-state index < -0.39 is 23.1 Å². The van der Waals surface area contributed by atoms with E-state index in [4.69, 9.17) is 35.5 Å². The number of aromatic amines is 1. The molecule has 1 unspecified atom stereocenters. The van der Waals surface area contributed by atoms with Crippen LogP contribution in [0.4, 0.5) is 14.6 Å². The van der Waals surface area contributed by atoms with Crippen molar-refractivity contribution < 1.29 is 22.7 Å². The summed E-state index contributed by atoms with van der Waals surface area (Å²) >= 11 is 6.87. The second-order valence-corrected chi connectivity index (χ2v) is 14.4. The standard InChI is InChI=1S/C33H32ClF2N9O3/c34-21-9-22-19(13-38-41-22)25-18(21)3-4-24-42-43-30(47-24)23-11-33(48-23)6-2-7-44(15-33)29-20-12-37-28(25)26(36)27(20)39-31(40-29)46-16-32-5-1-8-45(32)14-17(35)10-32/h9,12-13,17,23H,1-8,10-11,14-16H2,(H,38,41)/t17-,23-,32+,33?/m1/s1. The lowest BCUT2D eigenvalue weighted by atomic mass is 9.81. The van der Waals surface area contributed by atoms with Crippen molar-refractivity contribution in [3.63, 3.8) is 0 Å². The number of rotatable bonds is 3. The summed E-state index contributed by atoms with van der Waals surface area (Å²) in [6, 6.07) is 1.83. The highest BCUT2D eigenvalue weighted by atomic mass is 35.5. The van der Waals surface area contributed by atoms with Crippen LogP contribution in [0.5, 0.6) is 6.01 Å². The number of H-pyrrole nitrogens is 1. The van der Waals surface area contributed by atoms with Crippen LogP contribution < -0.4 is 9.64 Å². The van der Waals surface area contributed by atoms with Crippen molar-refractivity contribution in [2.75, 3.05) is 37.7 Å². The molecule has 15 heteroatoms. The maximum Gasteiger partial charge on any atom is 0.319 e. The number of fused-ring (bicyclic) bond motifs is 2. The molecule has 4 saturated heterocycles. The minimum atomic E-state index is -0.898. The monoisotopic (exact) mass is 675 g/mol. The van der Waals surface area contributed by atoms with Gasteiger partial charge in [0.15, 0.2) is 5.82 Å². The van der Waals surface area contributed by atoms with E-state index in [1.165, 1.54) is 0 Å². The number of hydrogen-bond donors (Lipinski definition) is 1. The third-order valence-electron chi connectivity index (χ3n) is 11.0. The van der Waals surface area contributed by atoms with Gasteiger partial charge in [0.1, 0.15) is 35.9 Å². The first kappa shape index (κ1) is 29.0. The van der Waals surface area contributed by atoms with Crippen LogP contribution in [0.3, 0.4) is 0 Å². The molecule has 12 rings (SSSR count). The maximum absolute atomic E-state index is 17.2. The van der Waals surface area contributed by atoms with Gasteiger partial charge in [-0.1, -0.05) is 11.6 Å². The Kier molecular flexibility index (Phi) is 6.33. The minimum absolute atomic E-state index is 0.0554. The molecule has 0 aliphatic carbocycles. The number of halogens is 3. The van der Waals surface area contributed by atoms with E-state index in [0.717, 1.165) is 32.2 Å². The van der Waals surface area contributed by atoms with Gasteiger partial charge in [0.25, 0.3) is 0 Å². The van der Waals surface area contributed by atoms with Gasteiger partial charge in [-0.2, -0.15) is 15.1 Å². The predicted molar refractivity (Wildman–Crippen MR) is 170 cm³/mol. The summed E-state index contributed by atoms with van der Waals surface area (Å²) in [4.78, 5) is 18.6. The number of nitrogens with zero attached hydrogens (tertiary/aromatic N) is 8. The van der Waals surface area contributed by atoms with Crippen molar-refractivity contribution in [1.29, 1.82) is 0 Å². The highest BCUT2D eigenvalue weighted by Crippen LogP contribution is 2.49. The number of aromatic nitrogens is 7. The number of ether oxygens (including phenoxy) is 2. The van der Waals surface area contributed by atoms with Crippen LogP contribution >= 0.6 is 11.6 Å². The third kappa shape index (κ3) is 4.37. The first-order chi connectivity index (χ1) is 23.4. The van der Waals surface area contributed by atoms with Crippen molar-refractivity contribution in [2.45, 2.75) is 74.8 Å². The van der Waals surface area contributed by atoms with Crippen LogP contribution in [0.2, 0.25) is 5.02 Å². The van der Waals surface area contributed by atoms with Gasteiger partial charge in [-0.25, -0.2) is 8.78 Å². The summed E-state index contributed by atoms with van der Waals surface area (Å²) in [5, 5.41) is 17.3. The van der Waals surface area contributed by atoms with E-state index >= 15 is 4.39 Å². The lowest BCUT2D eigenvalue weighted by Crippen LogP contribution is -2.57. The van der Waals surface area contributed by atoms with E-state index in [0.29, 0.717) is 95.4 Å². The largest absolute Gasteiger partial charge is 0.461 e. The highest BCUT2D eigenvalue weighted by Gasteiger charge is 2.52. The van der Waals surface area contributed by atoms with Crippen LogP contribution in [0, 0.1) is 5.82 Å². The quantitative estimate of drug-likeness (QED) is 0.267. The summed E-state index contributed by atoms with van der Waals surface area (Å²) in [7, 11) is 0. The van der Waals surface area contributed by atoms with Crippen molar-refractivity contribution in [2.24, 2.45) is 0 Å². The van der Waals surface area contributed by atoms with Gasteiger partial charge in [0, 0.05) is 61.1 Å². The summed E-state index contributed by atoms with van der Waals surface area (Å²) in [5.41, 5.74) is 1.18. The Morgan fingerprint density at radius 3 is 2.90 bits per heavy atom. The first-order valence-corrected chi connectivity index (χ1v) is 17.0. The number of aryl methyl sites for hydroxylation is 1. The number of alkyl halides is 1. The van der Waals surface area contributed by atoms with E-state index in [1.54, 1.807) is 18.5 Å². The van der Waals surface area contributed by atoms with Crippen molar-refractivity contribution in [3.8, 4) is 17.3 Å². The zero-order chi connectivity index (χ0) is 32.2. The van der Waals surface area contributed by atoms with Gasteiger partial charge >= 0.3 is 6.01 Å². The van der Waals surface area contributed by atoms with Crippen LogP contribution in [0.25, 0.3) is 33.1 Å². The van der Waals surface area contributed by atoms with E-state index in [1.807, 2.05) is 0 Å². The second-order valence-electron chi connectivity index (χ2n) is 14.0. The molecule has 4 fully saturated rings. The second kappa shape index (κ2) is 10.5. The highest BCUT2D eigenvalue weighted by molar-refractivity contribution is 6.33. The van der Waals surface area contributed by atoms with Crippen molar-refractivity contribution in [1.82, 2.24) is 40.2 Å². The number of nitrogens with one attached hydrogen (secondary N) is 1. The van der Waals surface area contributed by atoms with E-state index in [9.17, 15) is 4.39 Å². The minimum Gasteiger partial charge on any atom is -0.461 e. The Bertz CT molecular complexity index is 2100. The number of hydrogen-bond acceptors (Lipinski definition) is 11. The summed E-state index contributed by atoms with van der Waals surface area (Å²) in [6.45, 7) is 2.69. The Balaban J connectivity index is 1.15. The number of piperidine rings is 1. The Hall–Kier alpha value is -4.01. The van der Waals surface area contributed by atoms with Gasteiger partial charge in [-0.05, 0) is 50.3 Å². The molecule has 1 aromatic carbocycles. The molecular weight excluding hydrogens is 644 g/mol. The van der Waals surface area contributed by atoms with Gasteiger partial charge < -0.3 is 18.8 Å². The van der Waals surface area contributed by atoms with Crippen LogP contribution in [-0.4, -0.2) is 90.3 Å². The van der Waals surface area contributed by atoms with E-state index in [-0.39, 0.29) is 29.9 Å². The topological polar surface area (TPSA) is 131 Å². The van der Waals surface area contributed by atoms with Gasteiger partial charge in [-0.15, -0.1) is 10.2 Å². The number of pyridine rings is 1. The van der Waals surface area contributed by atoms with Gasteiger partial charge in [0.05, 0.1) is 28.2 Å². The predicted octanol–water partition coefficient (Wildman–Crippen LogP) is 5.30. The maximum atomic E-state index is 17.2. The Morgan fingerprint density at radius 1 is 1.08 bits per heavy atom. The molecule has 9 bridgehead atoms. The van der Waals surface area contributed by atoms with Gasteiger partial charge in [0.2, 0.25) is 11.8 Å². The summed E-state index contributed by atoms with van der Waals surface area (Å²) in [6.07, 6.45) is 7.50. The SMILES string of the molecule is Fc1c2ncc3c(nc(OC[C@@]45CCCN4C[C@H](F)C5)nc13)N1CCCC3(C[C@@H](O3)c3nnc(o3)CCc3c(Cl)cc4[nH]ncc4c3-2)C1.